The molecule has 0 bridgehead atoms. The molecule has 0 N–H and O–H groups in total. The van der Waals surface area contributed by atoms with E-state index < -0.39 is 0 Å². The van der Waals surface area contributed by atoms with Crippen LogP contribution in [0.3, 0.4) is 0 Å². The van der Waals surface area contributed by atoms with Gasteiger partial charge in [-0.1, -0.05) is 15.9 Å². The molecule has 2 heterocycles. The smallest absolute Gasteiger partial charge is 0.259 e. The molecule has 0 aromatic carbocycles. The second-order valence-corrected chi connectivity index (χ2v) is 5.40. The Morgan fingerprint density at radius 2 is 2.25 bits per heavy atom. The summed E-state index contributed by atoms with van der Waals surface area (Å²) in [5.41, 5.74) is 0.523. The van der Waals surface area contributed by atoms with Crippen LogP contribution in [-0.2, 0) is 4.74 Å². The standard InChI is InChI=1S/C14H19BrN2O3/c1-19-13-12(3-2-7-16-13)14(18)17-8-4-11(5-9-17)20-10-6-15/h2-3,7,11H,4-6,8-10H2,1H3. The van der Waals surface area contributed by atoms with E-state index in [1.807, 2.05) is 4.90 Å². The number of hydrogen-bond donors (Lipinski definition) is 0. The third-order valence-electron chi connectivity index (χ3n) is 3.35. The summed E-state index contributed by atoms with van der Waals surface area (Å²) in [6, 6.07) is 3.50. The highest BCUT2D eigenvalue weighted by Crippen LogP contribution is 2.20. The first-order valence-electron chi connectivity index (χ1n) is 6.72. The molecule has 0 saturated carbocycles. The van der Waals surface area contributed by atoms with Gasteiger partial charge in [-0.2, -0.15) is 0 Å². The average molecular weight is 343 g/mol. The number of rotatable bonds is 5. The van der Waals surface area contributed by atoms with Gasteiger partial charge in [0.2, 0.25) is 5.88 Å². The Labute approximate surface area is 127 Å². The fourth-order valence-corrected chi connectivity index (χ4v) is 2.51. The van der Waals surface area contributed by atoms with E-state index in [1.165, 1.54) is 7.11 Å². The lowest BCUT2D eigenvalue weighted by atomic mass is 10.1. The highest BCUT2D eigenvalue weighted by molar-refractivity contribution is 9.09. The molecule has 1 saturated heterocycles. The summed E-state index contributed by atoms with van der Waals surface area (Å²) in [7, 11) is 1.53. The first-order chi connectivity index (χ1) is 9.76. The Hall–Kier alpha value is -1.14. The zero-order valence-corrected chi connectivity index (χ0v) is 13.1. The summed E-state index contributed by atoms with van der Waals surface area (Å²) in [5, 5.41) is 0.846. The van der Waals surface area contributed by atoms with Crippen molar-refractivity contribution < 1.29 is 14.3 Å². The van der Waals surface area contributed by atoms with Gasteiger partial charge in [0, 0.05) is 24.6 Å². The van der Waals surface area contributed by atoms with Crippen molar-refractivity contribution in [1.29, 1.82) is 0 Å². The van der Waals surface area contributed by atoms with Crippen LogP contribution >= 0.6 is 15.9 Å². The Balaban J connectivity index is 1.94. The van der Waals surface area contributed by atoms with Gasteiger partial charge in [0.1, 0.15) is 5.56 Å². The van der Waals surface area contributed by atoms with Crippen molar-refractivity contribution in [3.63, 3.8) is 0 Å². The number of methoxy groups -OCH3 is 1. The van der Waals surface area contributed by atoms with Crippen LogP contribution in [0.15, 0.2) is 18.3 Å². The number of carbonyl (C=O) groups is 1. The fraction of sp³-hybridized carbons (Fsp3) is 0.571. The van der Waals surface area contributed by atoms with Gasteiger partial charge in [-0.15, -0.1) is 0 Å². The average Bonchev–Trinajstić information content (AvgIpc) is 2.52. The SMILES string of the molecule is COc1ncccc1C(=O)N1CCC(OCCBr)CC1. The van der Waals surface area contributed by atoms with E-state index >= 15 is 0 Å². The van der Waals surface area contributed by atoms with Crippen LogP contribution in [0, 0.1) is 0 Å². The number of likely N-dealkylation sites (tertiary alicyclic amines) is 1. The van der Waals surface area contributed by atoms with Crippen molar-refractivity contribution in [2.24, 2.45) is 0 Å². The molecule has 5 nitrogen and oxygen atoms in total. The van der Waals surface area contributed by atoms with Crippen LogP contribution in [0.25, 0.3) is 0 Å². The van der Waals surface area contributed by atoms with Crippen LogP contribution in [0.4, 0.5) is 0 Å². The molecule has 1 aromatic heterocycles. The molecule has 1 aliphatic rings. The minimum atomic E-state index is -0.0195. The van der Waals surface area contributed by atoms with Crippen molar-refractivity contribution in [2.45, 2.75) is 18.9 Å². The maximum Gasteiger partial charge on any atom is 0.259 e. The number of pyridine rings is 1. The summed E-state index contributed by atoms with van der Waals surface area (Å²) in [6.45, 7) is 2.14. The van der Waals surface area contributed by atoms with Gasteiger partial charge >= 0.3 is 0 Å². The predicted molar refractivity (Wildman–Crippen MR) is 79.5 cm³/mol. The predicted octanol–water partition coefficient (Wildman–Crippen LogP) is 2.11. The molecule has 0 aliphatic carbocycles. The molecule has 20 heavy (non-hydrogen) atoms. The number of alkyl halides is 1. The first-order valence-corrected chi connectivity index (χ1v) is 7.84. The summed E-state index contributed by atoms with van der Waals surface area (Å²) in [6.07, 6.45) is 3.63. The van der Waals surface area contributed by atoms with Gasteiger partial charge in [-0.05, 0) is 25.0 Å². The second-order valence-electron chi connectivity index (χ2n) is 4.61. The van der Waals surface area contributed by atoms with E-state index in [1.54, 1.807) is 18.3 Å². The molecule has 0 radical (unpaired) electrons. The molecule has 0 atom stereocenters. The van der Waals surface area contributed by atoms with Crippen molar-refractivity contribution in [1.82, 2.24) is 9.88 Å². The van der Waals surface area contributed by atoms with Crippen LogP contribution in [0.1, 0.15) is 23.2 Å². The van der Waals surface area contributed by atoms with Gasteiger partial charge in [0.25, 0.3) is 5.91 Å². The van der Waals surface area contributed by atoms with Gasteiger partial charge in [0.15, 0.2) is 0 Å². The number of amides is 1. The Morgan fingerprint density at radius 1 is 1.50 bits per heavy atom. The quantitative estimate of drug-likeness (QED) is 0.769. The molecular formula is C14H19BrN2O3. The van der Waals surface area contributed by atoms with Gasteiger partial charge < -0.3 is 14.4 Å². The van der Waals surface area contributed by atoms with E-state index in [9.17, 15) is 4.79 Å². The minimum Gasteiger partial charge on any atom is -0.480 e. The topological polar surface area (TPSA) is 51.7 Å². The lowest BCUT2D eigenvalue weighted by Crippen LogP contribution is -2.41. The van der Waals surface area contributed by atoms with E-state index in [-0.39, 0.29) is 12.0 Å². The third kappa shape index (κ3) is 3.70. The highest BCUT2D eigenvalue weighted by atomic mass is 79.9. The Bertz CT molecular complexity index is 448. The van der Waals surface area contributed by atoms with Crippen molar-refractivity contribution in [2.75, 3.05) is 32.1 Å². The van der Waals surface area contributed by atoms with Crippen LogP contribution in [0.5, 0.6) is 5.88 Å². The molecule has 110 valence electrons. The molecule has 1 fully saturated rings. The Morgan fingerprint density at radius 3 is 2.90 bits per heavy atom. The molecular weight excluding hydrogens is 324 g/mol. The summed E-state index contributed by atoms with van der Waals surface area (Å²) in [5.74, 6) is 0.365. The summed E-state index contributed by atoms with van der Waals surface area (Å²) < 4.78 is 10.8. The lowest BCUT2D eigenvalue weighted by Gasteiger charge is -2.32. The lowest BCUT2D eigenvalue weighted by molar-refractivity contribution is 0.0159. The second kappa shape index (κ2) is 7.59. The van der Waals surface area contributed by atoms with Gasteiger partial charge in [-0.3, -0.25) is 4.79 Å². The molecule has 1 aliphatic heterocycles. The molecule has 1 amide bonds. The summed E-state index contributed by atoms with van der Waals surface area (Å²) in [4.78, 5) is 18.4. The monoisotopic (exact) mass is 342 g/mol. The van der Waals surface area contributed by atoms with E-state index in [0.29, 0.717) is 24.5 Å². The first kappa shape index (κ1) is 15.3. The number of nitrogens with zero attached hydrogens (tertiary/aromatic N) is 2. The largest absolute Gasteiger partial charge is 0.480 e. The Kier molecular flexibility index (Phi) is 5.79. The zero-order chi connectivity index (χ0) is 14.4. The molecule has 2 rings (SSSR count). The zero-order valence-electron chi connectivity index (χ0n) is 11.5. The van der Waals surface area contributed by atoms with E-state index in [0.717, 1.165) is 24.8 Å². The molecule has 0 unspecified atom stereocenters. The van der Waals surface area contributed by atoms with Crippen LogP contribution in [0.2, 0.25) is 0 Å². The normalized spacial score (nSPS) is 16.2. The maximum absolute atomic E-state index is 12.5. The number of halogens is 1. The number of ether oxygens (including phenoxy) is 2. The number of hydrogen-bond acceptors (Lipinski definition) is 4. The van der Waals surface area contributed by atoms with Crippen LogP contribution < -0.4 is 4.74 Å². The summed E-state index contributed by atoms with van der Waals surface area (Å²) >= 11 is 3.35. The van der Waals surface area contributed by atoms with E-state index in [2.05, 4.69) is 20.9 Å². The molecule has 1 aromatic rings. The number of piperidine rings is 1. The van der Waals surface area contributed by atoms with Gasteiger partial charge in [0.05, 0.1) is 19.8 Å². The number of aromatic nitrogens is 1. The van der Waals surface area contributed by atoms with Crippen LogP contribution in [-0.4, -0.2) is 54.0 Å². The number of carbonyl (C=O) groups excluding carboxylic acids is 1. The van der Waals surface area contributed by atoms with Gasteiger partial charge in [-0.25, -0.2) is 4.98 Å². The molecule has 6 heteroatoms. The van der Waals surface area contributed by atoms with E-state index in [4.69, 9.17) is 9.47 Å². The molecule has 0 spiro atoms. The van der Waals surface area contributed by atoms with Crippen molar-refractivity contribution in [3.8, 4) is 5.88 Å². The third-order valence-corrected chi connectivity index (χ3v) is 3.68. The maximum atomic E-state index is 12.5. The highest BCUT2D eigenvalue weighted by Gasteiger charge is 2.25. The minimum absolute atomic E-state index is 0.0195. The fourth-order valence-electron chi connectivity index (χ4n) is 2.32. The van der Waals surface area contributed by atoms with Crippen molar-refractivity contribution in [3.05, 3.63) is 23.9 Å². The van der Waals surface area contributed by atoms with Crippen molar-refractivity contribution >= 4 is 21.8 Å².